The van der Waals surface area contributed by atoms with Gasteiger partial charge in [-0.3, -0.25) is 9.89 Å². The second-order valence-electron chi connectivity index (χ2n) is 5.20. The molecular weight excluding hydrogens is 240 g/mol. The van der Waals surface area contributed by atoms with E-state index in [2.05, 4.69) is 22.4 Å². The van der Waals surface area contributed by atoms with E-state index in [0.29, 0.717) is 0 Å². The highest BCUT2D eigenvalue weighted by molar-refractivity contribution is 6.05. The Bertz CT molecular complexity index is 619. The fraction of sp³-hybridized carbons (Fsp3) is 0.429. The molecule has 0 aliphatic carbocycles. The zero-order chi connectivity index (χ0) is 13.4. The molecule has 2 heterocycles. The fourth-order valence-corrected chi connectivity index (χ4v) is 2.67. The van der Waals surface area contributed by atoms with E-state index in [1.807, 2.05) is 24.0 Å². The Morgan fingerprint density at radius 2 is 2.32 bits per heavy atom. The number of benzene rings is 1. The van der Waals surface area contributed by atoms with Crippen LogP contribution >= 0.6 is 0 Å². The Labute approximate surface area is 112 Å². The zero-order valence-corrected chi connectivity index (χ0v) is 11.2. The third-order valence-electron chi connectivity index (χ3n) is 3.69. The van der Waals surface area contributed by atoms with Crippen LogP contribution in [0.4, 0.5) is 0 Å². The van der Waals surface area contributed by atoms with Crippen molar-refractivity contribution in [3.8, 4) is 0 Å². The van der Waals surface area contributed by atoms with Crippen molar-refractivity contribution in [1.29, 1.82) is 0 Å². The molecule has 0 unspecified atom stereocenters. The maximum atomic E-state index is 12.7. The largest absolute Gasteiger partial charge is 0.333 e. The number of fused-ring (bicyclic) bond motifs is 1. The van der Waals surface area contributed by atoms with Crippen LogP contribution in [-0.4, -0.2) is 46.7 Å². The molecule has 1 amide bonds. The van der Waals surface area contributed by atoms with Crippen LogP contribution in [0, 0.1) is 6.92 Å². The van der Waals surface area contributed by atoms with Crippen LogP contribution < -0.4 is 5.32 Å². The van der Waals surface area contributed by atoms with Crippen molar-refractivity contribution in [1.82, 2.24) is 20.4 Å². The average molecular weight is 258 g/mol. The molecule has 19 heavy (non-hydrogen) atoms. The van der Waals surface area contributed by atoms with Crippen molar-refractivity contribution >= 4 is 16.8 Å². The Morgan fingerprint density at radius 3 is 3.11 bits per heavy atom. The SMILES string of the molecule is Cc1cc(C(=O)N2CCNC[C@@H]2C)c2[nH]ncc2c1. The molecule has 0 radical (unpaired) electrons. The first-order valence-corrected chi connectivity index (χ1v) is 6.62. The molecule has 5 nitrogen and oxygen atoms in total. The number of nitrogens with zero attached hydrogens (tertiary/aromatic N) is 2. The lowest BCUT2D eigenvalue weighted by Crippen LogP contribution is -2.52. The summed E-state index contributed by atoms with van der Waals surface area (Å²) in [4.78, 5) is 14.7. The minimum Gasteiger partial charge on any atom is -0.333 e. The second kappa shape index (κ2) is 4.66. The zero-order valence-electron chi connectivity index (χ0n) is 11.2. The van der Waals surface area contributed by atoms with Crippen molar-refractivity contribution < 1.29 is 4.79 Å². The van der Waals surface area contributed by atoms with Crippen molar-refractivity contribution in [3.05, 3.63) is 29.5 Å². The van der Waals surface area contributed by atoms with Crippen molar-refractivity contribution in [3.63, 3.8) is 0 Å². The lowest BCUT2D eigenvalue weighted by molar-refractivity contribution is 0.0657. The maximum absolute atomic E-state index is 12.7. The molecule has 2 N–H and O–H groups in total. The summed E-state index contributed by atoms with van der Waals surface area (Å²) in [5.74, 6) is 0.0898. The molecule has 1 saturated heterocycles. The number of nitrogens with one attached hydrogen (secondary N) is 2. The fourth-order valence-electron chi connectivity index (χ4n) is 2.67. The normalized spacial score (nSPS) is 19.9. The number of carbonyl (C=O) groups excluding carboxylic acids is 1. The number of carbonyl (C=O) groups is 1. The predicted molar refractivity (Wildman–Crippen MR) is 74.2 cm³/mol. The highest BCUT2D eigenvalue weighted by Crippen LogP contribution is 2.21. The lowest BCUT2D eigenvalue weighted by Gasteiger charge is -2.34. The van der Waals surface area contributed by atoms with Gasteiger partial charge in [0.15, 0.2) is 0 Å². The van der Waals surface area contributed by atoms with Gasteiger partial charge in [-0.25, -0.2) is 0 Å². The number of aromatic nitrogens is 2. The Kier molecular flexibility index (Phi) is 2.98. The number of amides is 1. The lowest BCUT2D eigenvalue weighted by atomic mass is 10.1. The van der Waals surface area contributed by atoms with Gasteiger partial charge in [-0.2, -0.15) is 5.10 Å². The maximum Gasteiger partial charge on any atom is 0.256 e. The number of rotatable bonds is 1. The number of aromatic amines is 1. The smallest absolute Gasteiger partial charge is 0.256 e. The summed E-state index contributed by atoms with van der Waals surface area (Å²) in [5, 5.41) is 11.3. The molecule has 1 aromatic heterocycles. The van der Waals surface area contributed by atoms with Crippen LogP contribution in [0.1, 0.15) is 22.8 Å². The summed E-state index contributed by atoms with van der Waals surface area (Å²) in [6, 6.07) is 4.20. The van der Waals surface area contributed by atoms with E-state index in [9.17, 15) is 4.79 Å². The number of hydrogen-bond donors (Lipinski definition) is 2. The van der Waals surface area contributed by atoms with Gasteiger partial charge in [0.1, 0.15) is 0 Å². The molecule has 1 aromatic carbocycles. The molecule has 2 aromatic rings. The van der Waals surface area contributed by atoms with E-state index in [1.165, 1.54) is 0 Å². The Hall–Kier alpha value is -1.88. The molecule has 5 heteroatoms. The summed E-state index contributed by atoms with van der Waals surface area (Å²) < 4.78 is 0. The van der Waals surface area contributed by atoms with Crippen molar-refractivity contribution in [2.45, 2.75) is 19.9 Å². The number of aryl methyl sites for hydroxylation is 1. The molecule has 3 rings (SSSR count). The van der Waals surface area contributed by atoms with Crippen LogP contribution in [0.5, 0.6) is 0 Å². The number of piperazine rings is 1. The first kappa shape index (κ1) is 12.2. The topological polar surface area (TPSA) is 61.0 Å². The van der Waals surface area contributed by atoms with Crippen LogP contribution in [0.15, 0.2) is 18.3 Å². The minimum absolute atomic E-state index is 0.0898. The monoisotopic (exact) mass is 258 g/mol. The molecule has 100 valence electrons. The quantitative estimate of drug-likeness (QED) is 0.810. The molecular formula is C14H18N4O. The van der Waals surface area contributed by atoms with E-state index in [1.54, 1.807) is 6.20 Å². The van der Waals surface area contributed by atoms with E-state index in [-0.39, 0.29) is 11.9 Å². The summed E-state index contributed by atoms with van der Waals surface area (Å²) in [6.07, 6.45) is 1.76. The van der Waals surface area contributed by atoms with E-state index < -0.39 is 0 Å². The third-order valence-corrected chi connectivity index (χ3v) is 3.69. The van der Waals surface area contributed by atoms with Crippen LogP contribution in [-0.2, 0) is 0 Å². The molecule has 0 bridgehead atoms. The molecule has 1 fully saturated rings. The highest BCUT2D eigenvalue weighted by atomic mass is 16.2. The van der Waals surface area contributed by atoms with Crippen LogP contribution in [0.3, 0.4) is 0 Å². The van der Waals surface area contributed by atoms with Gasteiger partial charge in [-0.15, -0.1) is 0 Å². The molecule has 0 spiro atoms. The van der Waals surface area contributed by atoms with Crippen LogP contribution in [0.25, 0.3) is 10.9 Å². The second-order valence-corrected chi connectivity index (χ2v) is 5.20. The highest BCUT2D eigenvalue weighted by Gasteiger charge is 2.25. The molecule has 1 atom stereocenters. The van der Waals surface area contributed by atoms with Gasteiger partial charge < -0.3 is 10.2 Å². The van der Waals surface area contributed by atoms with Gasteiger partial charge in [0, 0.05) is 31.1 Å². The summed E-state index contributed by atoms with van der Waals surface area (Å²) >= 11 is 0. The first-order valence-electron chi connectivity index (χ1n) is 6.62. The van der Waals surface area contributed by atoms with E-state index >= 15 is 0 Å². The van der Waals surface area contributed by atoms with Gasteiger partial charge >= 0.3 is 0 Å². The average Bonchev–Trinajstić information content (AvgIpc) is 2.85. The van der Waals surface area contributed by atoms with Gasteiger partial charge in [-0.05, 0) is 31.5 Å². The molecule has 1 aliphatic rings. The summed E-state index contributed by atoms with van der Waals surface area (Å²) in [7, 11) is 0. The Morgan fingerprint density at radius 1 is 1.47 bits per heavy atom. The Balaban J connectivity index is 2.03. The molecule has 1 aliphatic heterocycles. The standard InChI is InChI=1S/C14H18N4O/c1-9-5-11-8-16-17-13(11)12(6-9)14(19)18-4-3-15-7-10(18)2/h5-6,8,10,15H,3-4,7H2,1-2H3,(H,16,17)/t10-/m0/s1. The van der Waals surface area contributed by atoms with Crippen LogP contribution in [0.2, 0.25) is 0 Å². The summed E-state index contributed by atoms with van der Waals surface area (Å²) in [5.41, 5.74) is 2.64. The van der Waals surface area contributed by atoms with E-state index in [4.69, 9.17) is 0 Å². The molecule has 0 saturated carbocycles. The summed E-state index contributed by atoms with van der Waals surface area (Å²) in [6.45, 7) is 6.54. The first-order chi connectivity index (χ1) is 9.16. The predicted octanol–water partition coefficient (Wildman–Crippen LogP) is 1.31. The van der Waals surface area contributed by atoms with Gasteiger partial charge in [-0.1, -0.05) is 0 Å². The van der Waals surface area contributed by atoms with Gasteiger partial charge in [0.2, 0.25) is 0 Å². The number of H-pyrrole nitrogens is 1. The van der Waals surface area contributed by atoms with Crippen molar-refractivity contribution in [2.75, 3.05) is 19.6 Å². The van der Waals surface area contributed by atoms with Gasteiger partial charge in [0.05, 0.1) is 17.3 Å². The minimum atomic E-state index is 0.0898. The van der Waals surface area contributed by atoms with E-state index in [0.717, 1.165) is 41.7 Å². The number of hydrogen-bond acceptors (Lipinski definition) is 3. The van der Waals surface area contributed by atoms with Crippen molar-refractivity contribution in [2.24, 2.45) is 0 Å². The van der Waals surface area contributed by atoms with Gasteiger partial charge in [0.25, 0.3) is 5.91 Å². The third kappa shape index (κ3) is 2.10.